The Balaban J connectivity index is 1.93. The molecule has 0 aliphatic carbocycles. The molecule has 0 aromatic rings. The van der Waals surface area contributed by atoms with Gasteiger partial charge in [0.05, 0.1) is 12.2 Å². The van der Waals surface area contributed by atoms with Crippen molar-refractivity contribution in [1.29, 1.82) is 0 Å². The molecule has 0 aromatic carbocycles. The van der Waals surface area contributed by atoms with Crippen LogP contribution in [-0.2, 0) is 9.53 Å². The van der Waals surface area contributed by atoms with Crippen molar-refractivity contribution in [3.63, 3.8) is 0 Å². The minimum atomic E-state index is -0.716. The standard InChI is InChI=1S/C20H32O3/c1-2-3-4-5-6-7-8-9-12-15-18-19(23-18)16-13-10-11-14-17-20(21)22/h6-7,9-10,12-13,18-19H,2-5,8,11,14-17H2,1H3,(H,21,22)/b7-6-,12-9-,13-10-/t18-,19-/m1/s1. The van der Waals surface area contributed by atoms with E-state index in [1.54, 1.807) is 0 Å². The van der Waals surface area contributed by atoms with E-state index in [1.165, 1.54) is 25.7 Å². The second-order valence-corrected chi connectivity index (χ2v) is 6.12. The quantitative estimate of drug-likeness (QED) is 0.264. The molecule has 0 spiro atoms. The molecule has 0 radical (unpaired) electrons. The van der Waals surface area contributed by atoms with Crippen LogP contribution in [0.15, 0.2) is 36.5 Å². The van der Waals surface area contributed by atoms with Crippen molar-refractivity contribution in [2.24, 2.45) is 0 Å². The van der Waals surface area contributed by atoms with Crippen LogP contribution in [0.1, 0.15) is 71.1 Å². The smallest absolute Gasteiger partial charge is 0.303 e. The number of carbonyl (C=O) groups is 1. The molecular weight excluding hydrogens is 288 g/mol. The lowest BCUT2D eigenvalue weighted by Crippen LogP contribution is -1.93. The zero-order valence-electron chi connectivity index (χ0n) is 14.5. The Kier molecular flexibility index (Phi) is 11.2. The Morgan fingerprint density at radius 1 is 0.913 bits per heavy atom. The summed E-state index contributed by atoms with van der Waals surface area (Å²) >= 11 is 0. The molecule has 1 saturated heterocycles. The van der Waals surface area contributed by atoms with Crippen LogP contribution in [0.5, 0.6) is 0 Å². The number of hydrogen-bond donors (Lipinski definition) is 1. The molecular formula is C20H32O3. The fourth-order valence-corrected chi connectivity index (χ4v) is 2.44. The Hall–Kier alpha value is -1.35. The van der Waals surface area contributed by atoms with E-state index in [2.05, 4.69) is 43.4 Å². The first-order chi connectivity index (χ1) is 11.2. The number of aliphatic carboxylic acids is 1. The first-order valence-electron chi connectivity index (χ1n) is 9.06. The van der Waals surface area contributed by atoms with E-state index < -0.39 is 5.97 Å². The normalized spacial score (nSPS) is 20.9. The average Bonchev–Trinajstić information content (AvgIpc) is 3.27. The van der Waals surface area contributed by atoms with E-state index in [-0.39, 0.29) is 6.42 Å². The van der Waals surface area contributed by atoms with Crippen molar-refractivity contribution in [3.8, 4) is 0 Å². The number of carboxylic acid groups (broad SMARTS) is 1. The van der Waals surface area contributed by atoms with E-state index in [0.29, 0.717) is 12.2 Å². The number of unbranched alkanes of at least 4 members (excludes halogenated alkanes) is 4. The van der Waals surface area contributed by atoms with E-state index >= 15 is 0 Å². The molecule has 1 aliphatic heterocycles. The summed E-state index contributed by atoms with van der Waals surface area (Å²) in [5.41, 5.74) is 0. The number of epoxide rings is 1. The van der Waals surface area contributed by atoms with Gasteiger partial charge in [0.1, 0.15) is 0 Å². The molecule has 1 rings (SSSR count). The monoisotopic (exact) mass is 320 g/mol. The molecule has 3 nitrogen and oxygen atoms in total. The van der Waals surface area contributed by atoms with Crippen LogP contribution in [0.2, 0.25) is 0 Å². The van der Waals surface area contributed by atoms with Gasteiger partial charge in [0.2, 0.25) is 0 Å². The van der Waals surface area contributed by atoms with Gasteiger partial charge in [-0.3, -0.25) is 4.79 Å². The zero-order valence-corrected chi connectivity index (χ0v) is 14.5. The molecule has 1 aliphatic rings. The summed E-state index contributed by atoms with van der Waals surface area (Å²) in [7, 11) is 0. The Labute approximate surface area is 141 Å². The predicted octanol–water partition coefficient (Wildman–Crippen LogP) is 5.43. The zero-order chi connectivity index (χ0) is 16.8. The van der Waals surface area contributed by atoms with Crippen molar-refractivity contribution < 1.29 is 14.6 Å². The van der Waals surface area contributed by atoms with Gasteiger partial charge in [-0.1, -0.05) is 56.2 Å². The van der Waals surface area contributed by atoms with Crippen LogP contribution in [0.25, 0.3) is 0 Å². The highest BCUT2D eigenvalue weighted by atomic mass is 16.6. The van der Waals surface area contributed by atoms with E-state index in [1.807, 2.05) is 0 Å². The van der Waals surface area contributed by atoms with Gasteiger partial charge >= 0.3 is 5.97 Å². The SMILES string of the molecule is CCCCC/C=C\C/C=C\C[C@H]1O[C@@H]1C/C=C\CCCC(=O)O. The number of allylic oxidation sites excluding steroid dienone is 4. The molecule has 130 valence electrons. The van der Waals surface area contributed by atoms with Crippen LogP contribution in [-0.4, -0.2) is 23.3 Å². The predicted molar refractivity (Wildman–Crippen MR) is 95.6 cm³/mol. The third-order valence-electron chi connectivity index (χ3n) is 3.93. The first kappa shape index (κ1) is 19.7. The summed E-state index contributed by atoms with van der Waals surface area (Å²) in [6, 6.07) is 0. The van der Waals surface area contributed by atoms with Gasteiger partial charge in [-0.2, -0.15) is 0 Å². The Morgan fingerprint density at radius 2 is 1.52 bits per heavy atom. The maximum absolute atomic E-state index is 10.4. The number of rotatable bonds is 14. The lowest BCUT2D eigenvalue weighted by Gasteiger charge is -1.91. The summed E-state index contributed by atoms with van der Waals surface area (Å²) in [6.45, 7) is 2.23. The van der Waals surface area contributed by atoms with Gasteiger partial charge in [0, 0.05) is 6.42 Å². The molecule has 23 heavy (non-hydrogen) atoms. The summed E-state index contributed by atoms with van der Waals surface area (Å²) in [4.78, 5) is 10.4. The van der Waals surface area contributed by atoms with Gasteiger partial charge in [-0.05, 0) is 44.9 Å². The fraction of sp³-hybridized carbons (Fsp3) is 0.650. The van der Waals surface area contributed by atoms with E-state index in [0.717, 1.165) is 32.1 Å². The molecule has 1 N–H and O–H groups in total. The highest BCUT2D eigenvalue weighted by Crippen LogP contribution is 2.29. The van der Waals surface area contributed by atoms with Crippen molar-refractivity contribution in [2.75, 3.05) is 0 Å². The first-order valence-corrected chi connectivity index (χ1v) is 9.06. The lowest BCUT2D eigenvalue weighted by molar-refractivity contribution is -0.137. The summed E-state index contributed by atoms with van der Waals surface area (Å²) < 4.78 is 5.62. The van der Waals surface area contributed by atoms with Gasteiger partial charge < -0.3 is 9.84 Å². The minimum Gasteiger partial charge on any atom is -0.481 e. The van der Waals surface area contributed by atoms with Crippen LogP contribution < -0.4 is 0 Å². The van der Waals surface area contributed by atoms with Gasteiger partial charge in [0.25, 0.3) is 0 Å². The third kappa shape index (κ3) is 11.8. The molecule has 3 heteroatoms. The number of carboxylic acids is 1. The third-order valence-corrected chi connectivity index (χ3v) is 3.93. The maximum Gasteiger partial charge on any atom is 0.303 e. The summed E-state index contributed by atoms with van der Waals surface area (Å²) in [5.74, 6) is -0.716. The number of hydrogen-bond acceptors (Lipinski definition) is 2. The van der Waals surface area contributed by atoms with Crippen LogP contribution >= 0.6 is 0 Å². The Bertz CT molecular complexity index is 396. The second kappa shape index (κ2) is 13.1. The minimum absolute atomic E-state index is 0.255. The second-order valence-electron chi connectivity index (χ2n) is 6.12. The summed E-state index contributed by atoms with van der Waals surface area (Å²) in [6.07, 6.45) is 23.8. The maximum atomic E-state index is 10.4. The number of ether oxygens (including phenoxy) is 1. The lowest BCUT2D eigenvalue weighted by atomic mass is 10.1. The molecule has 0 saturated carbocycles. The Morgan fingerprint density at radius 3 is 2.22 bits per heavy atom. The average molecular weight is 320 g/mol. The van der Waals surface area contributed by atoms with Gasteiger partial charge in [0.15, 0.2) is 0 Å². The van der Waals surface area contributed by atoms with E-state index in [9.17, 15) is 4.79 Å². The molecule has 0 bridgehead atoms. The molecule has 2 atom stereocenters. The van der Waals surface area contributed by atoms with Crippen LogP contribution in [0.3, 0.4) is 0 Å². The van der Waals surface area contributed by atoms with Crippen molar-refractivity contribution >= 4 is 5.97 Å². The molecule has 1 heterocycles. The molecule has 1 fully saturated rings. The summed E-state index contributed by atoms with van der Waals surface area (Å²) in [5, 5.41) is 8.53. The van der Waals surface area contributed by atoms with Crippen LogP contribution in [0.4, 0.5) is 0 Å². The van der Waals surface area contributed by atoms with E-state index in [4.69, 9.17) is 9.84 Å². The van der Waals surface area contributed by atoms with Gasteiger partial charge in [-0.25, -0.2) is 0 Å². The largest absolute Gasteiger partial charge is 0.481 e. The van der Waals surface area contributed by atoms with Gasteiger partial charge in [-0.15, -0.1) is 0 Å². The van der Waals surface area contributed by atoms with Crippen LogP contribution in [0, 0.1) is 0 Å². The fourth-order valence-electron chi connectivity index (χ4n) is 2.44. The topological polar surface area (TPSA) is 49.8 Å². The van der Waals surface area contributed by atoms with Crippen molar-refractivity contribution in [3.05, 3.63) is 36.5 Å². The molecule has 0 unspecified atom stereocenters. The molecule has 0 aromatic heterocycles. The highest BCUT2D eigenvalue weighted by molar-refractivity contribution is 5.66. The highest BCUT2D eigenvalue weighted by Gasteiger charge is 2.35. The molecule has 0 amide bonds. The van der Waals surface area contributed by atoms with Crippen molar-refractivity contribution in [2.45, 2.75) is 83.3 Å². The van der Waals surface area contributed by atoms with Crippen molar-refractivity contribution in [1.82, 2.24) is 0 Å².